The maximum Gasteiger partial charge on any atom is 0.169 e. The van der Waals surface area contributed by atoms with E-state index < -0.39 is 0 Å². The van der Waals surface area contributed by atoms with Crippen LogP contribution in [0.5, 0.6) is 0 Å². The molecule has 1 heterocycles. The molecule has 1 fully saturated rings. The molecule has 1 aliphatic rings. The molecule has 1 aliphatic carbocycles. The summed E-state index contributed by atoms with van der Waals surface area (Å²) in [6.07, 6.45) is 4.95. The van der Waals surface area contributed by atoms with Crippen molar-refractivity contribution in [2.75, 3.05) is 7.05 Å². The van der Waals surface area contributed by atoms with E-state index in [4.69, 9.17) is 4.42 Å². The molecule has 0 spiro atoms. The summed E-state index contributed by atoms with van der Waals surface area (Å²) in [5.41, 5.74) is 0.103. The van der Waals surface area contributed by atoms with Gasteiger partial charge in [0.05, 0.1) is 5.54 Å². The fourth-order valence-electron chi connectivity index (χ4n) is 2.17. The molecule has 72 valence electrons. The van der Waals surface area contributed by atoms with Crippen LogP contribution in [-0.2, 0) is 5.54 Å². The van der Waals surface area contributed by atoms with E-state index in [9.17, 15) is 0 Å². The Morgan fingerprint density at radius 1 is 1.38 bits per heavy atom. The van der Waals surface area contributed by atoms with Crippen LogP contribution >= 0.6 is 15.9 Å². The third-order valence-electron chi connectivity index (χ3n) is 2.98. The van der Waals surface area contributed by atoms with Crippen LogP contribution in [-0.4, -0.2) is 7.05 Å². The Morgan fingerprint density at radius 3 is 2.54 bits per heavy atom. The van der Waals surface area contributed by atoms with Gasteiger partial charge in [0, 0.05) is 0 Å². The maximum atomic E-state index is 5.62. The van der Waals surface area contributed by atoms with Gasteiger partial charge in [0.15, 0.2) is 4.67 Å². The van der Waals surface area contributed by atoms with Crippen LogP contribution in [0.3, 0.4) is 0 Å². The zero-order chi connectivity index (χ0) is 9.31. The first-order chi connectivity index (χ1) is 6.27. The van der Waals surface area contributed by atoms with E-state index in [0.29, 0.717) is 0 Å². The van der Waals surface area contributed by atoms with E-state index in [1.807, 2.05) is 13.1 Å². The molecular formula is C10H14BrNO. The highest BCUT2D eigenvalue weighted by atomic mass is 79.9. The molecule has 0 unspecified atom stereocenters. The van der Waals surface area contributed by atoms with Gasteiger partial charge < -0.3 is 9.73 Å². The molecule has 13 heavy (non-hydrogen) atoms. The molecule has 3 heteroatoms. The number of nitrogens with one attached hydrogen (secondary N) is 1. The largest absolute Gasteiger partial charge is 0.452 e. The monoisotopic (exact) mass is 243 g/mol. The molecule has 0 atom stereocenters. The Labute approximate surface area is 86.8 Å². The summed E-state index contributed by atoms with van der Waals surface area (Å²) < 4.78 is 6.44. The molecule has 0 bridgehead atoms. The average Bonchev–Trinajstić information content (AvgIpc) is 2.73. The molecule has 0 aliphatic heterocycles. The average molecular weight is 244 g/mol. The first-order valence-corrected chi connectivity index (χ1v) is 5.51. The van der Waals surface area contributed by atoms with Crippen molar-refractivity contribution in [2.45, 2.75) is 31.2 Å². The number of halogens is 1. The van der Waals surface area contributed by atoms with Gasteiger partial charge in [-0.25, -0.2) is 0 Å². The third kappa shape index (κ3) is 1.55. The molecule has 2 rings (SSSR count). The van der Waals surface area contributed by atoms with Crippen molar-refractivity contribution in [2.24, 2.45) is 0 Å². The zero-order valence-corrected chi connectivity index (χ0v) is 9.36. The maximum absolute atomic E-state index is 5.62. The highest BCUT2D eigenvalue weighted by Crippen LogP contribution is 2.39. The molecule has 1 aromatic heterocycles. The number of rotatable bonds is 2. The van der Waals surface area contributed by atoms with Crippen molar-refractivity contribution >= 4 is 15.9 Å². The topological polar surface area (TPSA) is 25.2 Å². The van der Waals surface area contributed by atoms with Crippen LogP contribution in [0, 0.1) is 0 Å². The Morgan fingerprint density at radius 2 is 2.08 bits per heavy atom. The minimum Gasteiger partial charge on any atom is -0.452 e. The number of furan rings is 1. The van der Waals surface area contributed by atoms with Crippen molar-refractivity contribution < 1.29 is 4.42 Å². The number of hydrogen-bond acceptors (Lipinski definition) is 2. The highest BCUT2D eigenvalue weighted by molar-refractivity contribution is 9.10. The summed E-state index contributed by atoms with van der Waals surface area (Å²) in [6, 6.07) is 4.03. The van der Waals surface area contributed by atoms with Crippen molar-refractivity contribution in [1.82, 2.24) is 5.32 Å². The van der Waals surface area contributed by atoms with Gasteiger partial charge in [0.1, 0.15) is 5.76 Å². The third-order valence-corrected chi connectivity index (χ3v) is 3.41. The van der Waals surface area contributed by atoms with Gasteiger partial charge in [-0.15, -0.1) is 0 Å². The van der Waals surface area contributed by atoms with Crippen LogP contribution in [0.15, 0.2) is 21.2 Å². The minimum atomic E-state index is 0.103. The fraction of sp³-hybridized carbons (Fsp3) is 0.600. The quantitative estimate of drug-likeness (QED) is 0.864. The van der Waals surface area contributed by atoms with E-state index in [2.05, 4.69) is 27.3 Å². The normalized spacial score (nSPS) is 20.8. The Hall–Kier alpha value is -0.280. The molecule has 1 saturated carbocycles. The lowest BCUT2D eigenvalue weighted by Gasteiger charge is -2.25. The van der Waals surface area contributed by atoms with E-state index in [0.717, 1.165) is 10.4 Å². The molecule has 2 nitrogen and oxygen atoms in total. The van der Waals surface area contributed by atoms with Gasteiger partial charge in [-0.1, -0.05) is 12.8 Å². The van der Waals surface area contributed by atoms with Gasteiger partial charge in [-0.2, -0.15) is 0 Å². The first-order valence-electron chi connectivity index (χ1n) is 4.72. The van der Waals surface area contributed by atoms with E-state index >= 15 is 0 Å². The first kappa shape index (κ1) is 9.28. The smallest absolute Gasteiger partial charge is 0.169 e. The SMILES string of the molecule is CNC1(c2ccc(Br)o2)CCCC1. The van der Waals surface area contributed by atoms with Crippen LogP contribution in [0.2, 0.25) is 0 Å². The molecule has 0 aromatic carbocycles. The van der Waals surface area contributed by atoms with Gasteiger partial charge in [-0.3, -0.25) is 0 Å². The Balaban J connectivity index is 2.30. The Bertz CT molecular complexity index is 289. The summed E-state index contributed by atoms with van der Waals surface area (Å²) in [7, 11) is 2.02. The van der Waals surface area contributed by atoms with Crippen molar-refractivity contribution in [3.63, 3.8) is 0 Å². The van der Waals surface area contributed by atoms with Gasteiger partial charge >= 0.3 is 0 Å². The number of hydrogen-bond donors (Lipinski definition) is 1. The summed E-state index contributed by atoms with van der Waals surface area (Å²) in [6.45, 7) is 0. The second kappa shape index (κ2) is 3.46. The molecule has 0 radical (unpaired) electrons. The second-order valence-electron chi connectivity index (χ2n) is 3.64. The van der Waals surface area contributed by atoms with Crippen molar-refractivity contribution in [3.05, 3.63) is 22.6 Å². The van der Waals surface area contributed by atoms with Crippen molar-refractivity contribution in [1.29, 1.82) is 0 Å². The summed E-state index contributed by atoms with van der Waals surface area (Å²) >= 11 is 3.34. The van der Waals surface area contributed by atoms with Crippen molar-refractivity contribution in [3.8, 4) is 0 Å². The fourth-order valence-corrected chi connectivity index (χ4v) is 2.48. The van der Waals surface area contributed by atoms with Crippen LogP contribution < -0.4 is 5.32 Å². The van der Waals surface area contributed by atoms with E-state index in [1.165, 1.54) is 25.7 Å². The summed E-state index contributed by atoms with van der Waals surface area (Å²) in [5.74, 6) is 1.07. The lowest BCUT2D eigenvalue weighted by atomic mass is 9.95. The highest BCUT2D eigenvalue weighted by Gasteiger charge is 2.36. The molecular weight excluding hydrogens is 230 g/mol. The Kier molecular flexibility index (Phi) is 2.47. The molecule has 0 amide bonds. The summed E-state index contributed by atoms with van der Waals surface area (Å²) in [4.78, 5) is 0. The van der Waals surface area contributed by atoms with E-state index in [-0.39, 0.29) is 5.54 Å². The van der Waals surface area contributed by atoms with Gasteiger partial charge in [0.25, 0.3) is 0 Å². The minimum absolute atomic E-state index is 0.103. The van der Waals surface area contributed by atoms with Crippen LogP contribution in [0.4, 0.5) is 0 Å². The zero-order valence-electron chi connectivity index (χ0n) is 7.77. The van der Waals surface area contributed by atoms with Gasteiger partial charge in [0.2, 0.25) is 0 Å². The van der Waals surface area contributed by atoms with Gasteiger partial charge in [-0.05, 0) is 48.0 Å². The van der Waals surface area contributed by atoms with Crippen LogP contribution in [0.25, 0.3) is 0 Å². The lowest BCUT2D eigenvalue weighted by molar-refractivity contribution is 0.290. The molecule has 0 saturated heterocycles. The van der Waals surface area contributed by atoms with Crippen LogP contribution in [0.1, 0.15) is 31.4 Å². The second-order valence-corrected chi connectivity index (χ2v) is 4.42. The molecule has 1 aromatic rings. The van der Waals surface area contributed by atoms with E-state index in [1.54, 1.807) is 0 Å². The predicted molar refractivity (Wildman–Crippen MR) is 55.6 cm³/mol. The predicted octanol–water partition coefficient (Wildman–Crippen LogP) is 3.03. The lowest BCUT2D eigenvalue weighted by Crippen LogP contribution is -2.36. The standard InChI is InChI=1S/C10H14BrNO/c1-12-10(6-2-3-7-10)8-4-5-9(11)13-8/h4-5,12H,2-3,6-7H2,1H3. The molecule has 1 N–H and O–H groups in total. The summed E-state index contributed by atoms with van der Waals surface area (Å²) in [5, 5.41) is 3.39.